The second kappa shape index (κ2) is 10.5. The molecule has 0 unspecified atom stereocenters. The lowest BCUT2D eigenvalue weighted by molar-refractivity contribution is -0.120. The van der Waals surface area contributed by atoms with Gasteiger partial charge in [0.05, 0.1) is 12.1 Å². The quantitative estimate of drug-likeness (QED) is 0.668. The minimum absolute atomic E-state index is 0.0769. The summed E-state index contributed by atoms with van der Waals surface area (Å²) in [6.07, 6.45) is 0.201. The molecule has 0 bridgehead atoms. The summed E-state index contributed by atoms with van der Waals surface area (Å²) in [6, 6.07) is 6.59. The number of carbonyl (C=O) groups excluding carboxylic acids is 2. The third-order valence-electron chi connectivity index (χ3n) is 4.96. The van der Waals surface area contributed by atoms with Gasteiger partial charge in [-0.05, 0) is 24.3 Å². The van der Waals surface area contributed by atoms with Crippen LogP contribution in [0.2, 0.25) is 0 Å². The topological polar surface area (TPSA) is 77.6 Å². The highest BCUT2D eigenvalue weighted by atomic mass is 32.1. The first-order chi connectivity index (χ1) is 14.4. The molecule has 1 aromatic heterocycles. The normalized spacial score (nSPS) is 14.7. The van der Waals surface area contributed by atoms with Crippen LogP contribution in [0.4, 0.5) is 15.2 Å². The van der Waals surface area contributed by atoms with Crippen molar-refractivity contribution in [1.29, 1.82) is 0 Å². The molecular weight excluding hydrogens is 405 g/mol. The maximum atomic E-state index is 13.1. The summed E-state index contributed by atoms with van der Waals surface area (Å²) in [5.41, 5.74) is 1.70. The fraction of sp³-hybridized carbons (Fsp3) is 0.476. The fourth-order valence-corrected chi connectivity index (χ4v) is 3.87. The summed E-state index contributed by atoms with van der Waals surface area (Å²) in [7, 11) is 0. The van der Waals surface area contributed by atoms with Gasteiger partial charge < -0.3 is 15.5 Å². The molecule has 1 aromatic carbocycles. The van der Waals surface area contributed by atoms with Gasteiger partial charge in [-0.2, -0.15) is 0 Å². The maximum absolute atomic E-state index is 13.1. The lowest BCUT2D eigenvalue weighted by Crippen LogP contribution is -2.48. The van der Waals surface area contributed by atoms with E-state index in [-0.39, 0.29) is 30.0 Å². The van der Waals surface area contributed by atoms with E-state index in [9.17, 15) is 14.0 Å². The molecule has 0 saturated carbocycles. The Morgan fingerprint density at radius 2 is 1.87 bits per heavy atom. The van der Waals surface area contributed by atoms with Gasteiger partial charge in [0.25, 0.3) is 0 Å². The molecule has 2 aromatic rings. The average Bonchev–Trinajstić information content (AvgIpc) is 3.15. The molecule has 3 rings (SSSR count). The predicted octanol–water partition coefficient (Wildman–Crippen LogP) is 2.36. The number of thiazole rings is 1. The zero-order valence-electron chi connectivity index (χ0n) is 17.4. The van der Waals surface area contributed by atoms with Crippen molar-refractivity contribution in [3.63, 3.8) is 0 Å². The number of nitrogens with zero attached hydrogens (tertiary/aromatic N) is 3. The van der Waals surface area contributed by atoms with Crippen LogP contribution in [0, 0.1) is 11.7 Å². The van der Waals surface area contributed by atoms with Gasteiger partial charge in [0.2, 0.25) is 11.8 Å². The molecule has 2 N–H and O–H groups in total. The first kappa shape index (κ1) is 22.2. The molecule has 2 amide bonds. The standard InChI is InChI=1S/C21H28FN5O2S/c1-15(2)20(29)25-21-24-17(14-30-21)13-19(28)23-7-8-26-9-11-27(12-10-26)18-5-3-16(22)4-6-18/h3-6,14-15H,7-13H2,1-2H3,(H,23,28)(H,24,25,29). The molecule has 0 aliphatic carbocycles. The van der Waals surface area contributed by atoms with E-state index < -0.39 is 0 Å². The molecule has 162 valence electrons. The van der Waals surface area contributed by atoms with Crippen molar-refractivity contribution in [3.05, 3.63) is 41.2 Å². The zero-order valence-corrected chi connectivity index (χ0v) is 18.2. The molecule has 1 aliphatic heterocycles. The number of carbonyl (C=O) groups is 2. The smallest absolute Gasteiger partial charge is 0.228 e. The van der Waals surface area contributed by atoms with Crippen LogP contribution < -0.4 is 15.5 Å². The largest absolute Gasteiger partial charge is 0.369 e. The number of halogens is 1. The van der Waals surface area contributed by atoms with E-state index in [4.69, 9.17) is 0 Å². The van der Waals surface area contributed by atoms with Crippen molar-refractivity contribution in [3.8, 4) is 0 Å². The number of piperazine rings is 1. The summed E-state index contributed by atoms with van der Waals surface area (Å²) >= 11 is 1.33. The minimum atomic E-state index is -0.220. The molecule has 1 aliphatic rings. The highest BCUT2D eigenvalue weighted by molar-refractivity contribution is 7.13. The Bertz CT molecular complexity index is 847. The predicted molar refractivity (Wildman–Crippen MR) is 117 cm³/mol. The Kier molecular flexibility index (Phi) is 7.75. The lowest BCUT2D eigenvalue weighted by atomic mass is 10.2. The van der Waals surface area contributed by atoms with Crippen LogP contribution in [-0.2, 0) is 16.0 Å². The fourth-order valence-electron chi connectivity index (χ4n) is 3.16. The Morgan fingerprint density at radius 1 is 1.17 bits per heavy atom. The van der Waals surface area contributed by atoms with Gasteiger partial charge in [0.15, 0.2) is 5.13 Å². The molecule has 30 heavy (non-hydrogen) atoms. The van der Waals surface area contributed by atoms with E-state index in [0.29, 0.717) is 17.4 Å². The van der Waals surface area contributed by atoms with Gasteiger partial charge in [-0.1, -0.05) is 13.8 Å². The van der Waals surface area contributed by atoms with Gasteiger partial charge in [-0.3, -0.25) is 14.5 Å². The van der Waals surface area contributed by atoms with Crippen molar-refractivity contribution < 1.29 is 14.0 Å². The second-order valence-electron chi connectivity index (χ2n) is 7.62. The average molecular weight is 434 g/mol. The third kappa shape index (κ3) is 6.50. The minimum Gasteiger partial charge on any atom is -0.369 e. The van der Waals surface area contributed by atoms with Crippen molar-refractivity contribution >= 4 is 34.0 Å². The molecule has 2 heterocycles. The van der Waals surface area contributed by atoms with Gasteiger partial charge in [-0.25, -0.2) is 9.37 Å². The van der Waals surface area contributed by atoms with Gasteiger partial charge in [0.1, 0.15) is 5.82 Å². The molecule has 0 spiro atoms. The summed E-state index contributed by atoms with van der Waals surface area (Å²) in [5.74, 6) is -0.493. The zero-order chi connectivity index (χ0) is 21.5. The van der Waals surface area contributed by atoms with Crippen molar-refractivity contribution in [2.75, 3.05) is 49.5 Å². The summed E-state index contributed by atoms with van der Waals surface area (Å²) < 4.78 is 13.1. The maximum Gasteiger partial charge on any atom is 0.228 e. The SMILES string of the molecule is CC(C)C(=O)Nc1nc(CC(=O)NCCN2CCN(c3ccc(F)cc3)CC2)cs1. The summed E-state index contributed by atoms with van der Waals surface area (Å²) in [4.78, 5) is 32.7. The highest BCUT2D eigenvalue weighted by Gasteiger charge is 2.17. The van der Waals surface area contributed by atoms with Gasteiger partial charge >= 0.3 is 0 Å². The van der Waals surface area contributed by atoms with E-state index in [1.54, 1.807) is 5.38 Å². The monoisotopic (exact) mass is 433 g/mol. The molecular formula is C21H28FN5O2S. The van der Waals surface area contributed by atoms with Crippen LogP contribution >= 0.6 is 11.3 Å². The number of benzene rings is 1. The molecule has 0 atom stereocenters. The number of anilines is 2. The first-order valence-corrected chi connectivity index (χ1v) is 11.0. The molecule has 0 radical (unpaired) electrons. The number of hydrogen-bond acceptors (Lipinski definition) is 6. The number of aromatic nitrogens is 1. The second-order valence-corrected chi connectivity index (χ2v) is 8.48. The number of hydrogen-bond donors (Lipinski definition) is 2. The molecule has 1 saturated heterocycles. The van der Waals surface area contributed by atoms with Crippen LogP contribution in [0.25, 0.3) is 0 Å². The van der Waals surface area contributed by atoms with Crippen LogP contribution in [-0.4, -0.2) is 61.0 Å². The Morgan fingerprint density at radius 3 is 2.53 bits per heavy atom. The van der Waals surface area contributed by atoms with Gasteiger partial charge in [0, 0.05) is 56.3 Å². The third-order valence-corrected chi connectivity index (χ3v) is 5.77. The van der Waals surface area contributed by atoms with Gasteiger partial charge in [-0.15, -0.1) is 11.3 Å². The van der Waals surface area contributed by atoms with Crippen LogP contribution in [0.5, 0.6) is 0 Å². The highest BCUT2D eigenvalue weighted by Crippen LogP contribution is 2.17. The van der Waals surface area contributed by atoms with Crippen molar-refractivity contribution in [2.45, 2.75) is 20.3 Å². The first-order valence-electron chi connectivity index (χ1n) is 10.2. The molecule has 9 heteroatoms. The summed E-state index contributed by atoms with van der Waals surface area (Å²) in [6.45, 7) is 8.56. The Balaban J connectivity index is 1.34. The Hall–Kier alpha value is -2.52. The number of rotatable bonds is 8. The summed E-state index contributed by atoms with van der Waals surface area (Å²) in [5, 5.41) is 8.00. The van der Waals surface area contributed by atoms with E-state index >= 15 is 0 Å². The number of amides is 2. The van der Waals surface area contributed by atoms with Crippen LogP contribution in [0.1, 0.15) is 19.5 Å². The van der Waals surface area contributed by atoms with E-state index in [1.807, 2.05) is 26.0 Å². The lowest BCUT2D eigenvalue weighted by Gasteiger charge is -2.36. The molecule has 7 nitrogen and oxygen atoms in total. The van der Waals surface area contributed by atoms with E-state index in [2.05, 4.69) is 25.4 Å². The van der Waals surface area contributed by atoms with Crippen molar-refractivity contribution in [1.82, 2.24) is 15.2 Å². The van der Waals surface area contributed by atoms with Crippen LogP contribution in [0.15, 0.2) is 29.6 Å². The number of nitrogens with one attached hydrogen (secondary N) is 2. The van der Waals surface area contributed by atoms with Crippen LogP contribution in [0.3, 0.4) is 0 Å². The van der Waals surface area contributed by atoms with E-state index in [1.165, 1.54) is 23.5 Å². The Labute approximate surface area is 180 Å². The van der Waals surface area contributed by atoms with E-state index in [0.717, 1.165) is 38.4 Å². The molecule has 1 fully saturated rings. The van der Waals surface area contributed by atoms with Crippen molar-refractivity contribution in [2.24, 2.45) is 5.92 Å².